The Balaban J connectivity index is 2.43. The lowest BCUT2D eigenvalue weighted by atomic mass is 9.87. The summed E-state index contributed by atoms with van der Waals surface area (Å²) in [7, 11) is 0. The van der Waals surface area contributed by atoms with Crippen molar-refractivity contribution in [2.45, 2.75) is 52.9 Å². The highest BCUT2D eigenvalue weighted by molar-refractivity contribution is 5.42. The lowest BCUT2D eigenvalue weighted by Crippen LogP contribution is -2.03. The summed E-state index contributed by atoms with van der Waals surface area (Å²) in [5.41, 5.74) is 7.36. The van der Waals surface area contributed by atoms with Gasteiger partial charge in [-0.3, -0.25) is 0 Å². The molecule has 0 nitrogen and oxygen atoms in total. The average Bonchev–Trinajstić information content (AvgIpc) is 2.38. The van der Waals surface area contributed by atoms with E-state index in [0.717, 1.165) is 6.42 Å². The summed E-state index contributed by atoms with van der Waals surface area (Å²) in [6.07, 6.45) is 1.05. The topological polar surface area (TPSA) is 0 Å². The Kier molecular flexibility index (Phi) is 4.65. The summed E-state index contributed by atoms with van der Waals surface area (Å²) in [6, 6.07) is 15.6. The van der Waals surface area contributed by atoms with E-state index in [9.17, 15) is 0 Å². The molecular formula is C20H26. The van der Waals surface area contributed by atoms with Crippen LogP contribution in [0.3, 0.4) is 0 Å². The normalized spacial score (nSPS) is 11.3. The van der Waals surface area contributed by atoms with Gasteiger partial charge in [-0.25, -0.2) is 0 Å². The summed E-state index contributed by atoms with van der Waals surface area (Å²) < 4.78 is 0. The molecular weight excluding hydrogens is 240 g/mol. The Morgan fingerprint density at radius 3 is 2.05 bits per heavy atom. The van der Waals surface area contributed by atoms with Crippen LogP contribution in [0.5, 0.6) is 0 Å². The Labute approximate surface area is 123 Å². The molecule has 2 rings (SSSR count). The SMILES string of the molecule is Cc1cccc(Cc2ccccc2C(C)C)c1C(C)C. The van der Waals surface area contributed by atoms with Gasteiger partial charge in [-0.05, 0) is 53.0 Å². The van der Waals surface area contributed by atoms with Crippen molar-refractivity contribution in [1.29, 1.82) is 0 Å². The van der Waals surface area contributed by atoms with Crippen molar-refractivity contribution < 1.29 is 0 Å². The number of hydrogen-bond donors (Lipinski definition) is 0. The van der Waals surface area contributed by atoms with Gasteiger partial charge in [0.1, 0.15) is 0 Å². The van der Waals surface area contributed by atoms with E-state index in [1.54, 1.807) is 0 Å². The molecule has 0 N–H and O–H groups in total. The van der Waals surface area contributed by atoms with Gasteiger partial charge < -0.3 is 0 Å². The average molecular weight is 266 g/mol. The van der Waals surface area contributed by atoms with Crippen molar-refractivity contribution in [1.82, 2.24) is 0 Å². The minimum Gasteiger partial charge on any atom is -0.0620 e. The molecule has 0 atom stereocenters. The van der Waals surface area contributed by atoms with E-state index < -0.39 is 0 Å². The van der Waals surface area contributed by atoms with Crippen molar-refractivity contribution in [3.8, 4) is 0 Å². The lowest BCUT2D eigenvalue weighted by Gasteiger charge is -2.18. The summed E-state index contributed by atoms with van der Waals surface area (Å²) in [4.78, 5) is 0. The van der Waals surface area contributed by atoms with Crippen LogP contribution < -0.4 is 0 Å². The van der Waals surface area contributed by atoms with Gasteiger partial charge in [0, 0.05) is 0 Å². The van der Waals surface area contributed by atoms with Crippen LogP contribution in [0.1, 0.15) is 67.3 Å². The summed E-state index contributed by atoms with van der Waals surface area (Å²) >= 11 is 0. The highest BCUT2D eigenvalue weighted by Gasteiger charge is 2.12. The fourth-order valence-electron chi connectivity index (χ4n) is 3.19. The standard InChI is InChI=1S/C20H26/c1-14(2)19-12-7-6-10-17(19)13-18-11-8-9-16(5)20(18)15(3)4/h6-12,14-15H,13H2,1-5H3. The molecule has 0 spiro atoms. The zero-order valence-electron chi connectivity index (χ0n) is 13.4. The van der Waals surface area contributed by atoms with Gasteiger partial charge in [0.05, 0.1) is 0 Å². The molecule has 0 unspecified atom stereocenters. The molecule has 0 fully saturated rings. The van der Waals surface area contributed by atoms with Gasteiger partial charge in [0.25, 0.3) is 0 Å². The van der Waals surface area contributed by atoms with Crippen LogP contribution in [0.2, 0.25) is 0 Å². The van der Waals surface area contributed by atoms with Gasteiger partial charge in [-0.1, -0.05) is 70.2 Å². The van der Waals surface area contributed by atoms with E-state index in [1.807, 2.05) is 0 Å². The van der Waals surface area contributed by atoms with E-state index in [-0.39, 0.29) is 0 Å². The van der Waals surface area contributed by atoms with E-state index in [4.69, 9.17) is 0 Å². The first-order valence-electron chi connectivity index (χ1n) is 7.67. The fourth-order valence-corrected chi connectivity index (χ4v) is 3.19. The van der Waals surface area contributed by atoms with Crippen molar-refractivity contribution in [2.75, 3.05) is 0 Å². The molecule has 0 bridgehead atoms. The van der Waals surface area contributed by atoms with Crippen molar-refractivity contribution in [3.63, 3.8) is 0 Å². The second-order valence-corrected chi connectivity index (χ2v) is 6.33. The molecule has 106 valence electrons. The van der Waals surface area contributed by atoms with Gasteiger partial charge in [-0.2, -0.15) is 0 Å². The van der Waals surface area contributed by atoms with Crippen LogP contribution in [0.25, 0.3) is 0 Å². The first-order valence-corrected chi connectivity index (χ1v) is 7.67. The summed E-state index contributed by atoms with van der Waals surface area (Å²) in [6.45, 7) is 11.4. The number of benzene rings is 2. The van der Waals surface area contributed by atoms with Crippen LogP contribution in [-0.4, -0.2) is 0 Å². The van der Waals surface area contributed by atoms with Crippen LogP contribution in [0.15, 0.2) is 42.5 Å². The van der Waals surface area contributed by atoms with Crippen LogP contribution in [0.4, 0.5) is 0 Å². The first kappa shape index (κ1) is 14.8. The second kappa shape index (κ2) is 6.26. The Morgan fingerprint density at radius 1 is 0.750 bits per heavy atom. The quantitative estimate of drug-likeness (QED) is 0.653. The third-order valence-electron chi connectivity index (χ3n) is 4.05. The Hall–Kier alpha value is -1.56. The van der Waals surface area contributed by atoms with E-state index in [0.29, 0.717) is 11.8 Å². The monoisotopic (exact) mass is 266 g/mol. The third-order valence-corrected chi connectivity index (χ3v) is 4.05. The maximum absolute atomic E-state index is 2.29. The molecule has 0 radical (unpaired) electrons. The molecule has 0 heterocycles. The molecule has 20 heavy (non-hydrogen) atoms. The minimum absolute atomic E-state index is 0.581. The van der Waals surface area contributed by atoms with Crippen molar-refractivity contribution in [3.05, 3.63) is 70.3 Å². The maximum atomic E-state index is 2.29. The van der Waals surface area contributed by atoms with Crippen molar-refractivity contribution in [2.24, 2.45) is 0 Å². The molecule has 0 heteroatoms. The Morgan fingerprint density at radius 2 is 1.40 bits per heavy atom. The zero-order valence-corrected chi connectivity index (χ0v) is 13.4. The van der Waals surface area contributed by atoms with Crippen LogP contribution in [-0.2, 0) is 6.42 Å². The largest absolute Gasteiger partial charge is 0.0620 e. The molecule has 0 aromatic heterocycles. The smallest absolute Gasteiger partial charge is 0.00200 e. The molecule has 0 aliphatic carbocycles. The lowest BCUT2D eigenvalue weighted by molar-refractivity contribution is 0.825. The summed E-state index contributed by atoms with van der Waals surface area (Å²) in [5.74, 6) is 1.16. The molecule has 0 saturated carbocycles. The number of hydrogen-bond acceptors (Lipinski definition) is 0. The van der Waals surface area contributed by atoms with Gasteiger partial charge in [-0.15, -0.1) is 0 Å². The number of rotatable bonds is 4. The Bertz CT molecular complexity index is 576. The molecule has 0 amide bonds. The van der Waals surface area contributed by atoms with Crippen LogP contribution >= 0.6 is 0 Å². The fraction of sp³-hybridized carbons (Fsp3) is 0.400. The van der Waals surface area contributed by atoms with E-state index in [2.05, 4.69) is 77.1 Å². The molecule has 2 aromatic rings. The van der Waals surface area contributed by atoms with E-state index in [1.165, 1.54) is 27.8 Å². The van der Waals surface area contributed by atoms with Crippen molar-refractivity contribution >= 4 is 0 Å². The molecule has 0 aliphatic heterocycles. The minimum atomic E-state index is 0.581. The predicted octanol–water partition coefficient (Wildman–Crippen LogP) is 5.83. The van der Waals surface area contributed by atoms with Gasteiger partial charge in [0.15, 0.2) is 0 Å². The summed E-state index contributed by atoms with van der Waals surface area (Å²) in [5, 5.41) is 0. The highest BCUT2D eigenvalue weighted by atomic mass is 14.2. The van der Waals surface area contributed by atoms with Gasteiger partial charge in [0.2, 0.25) is 0 Å². The van der Waals surface area contributed by atoms with E-state index >= 15 is 0 Å². The first-order chi connectivity index (χ1) is 9.50. The third kappa shape index (κ3) is 3.12. The number of aryl methyl sites for hydroxylation is 1. The highest BCUT2D eigenvalue weighted by Crippen LogP contribution is 2.28. The van der Waals surface area contributed by atoms with Crippen LogP contribution in [0, 0.1) is 6.92 Å². The molecule has 0 saturated heterocycles. The molecule has 0 aliphatic rings. The second-order valence-electron chi connectivity index (χ2n) is 6.33. The predicted molar refractivity (Wildman–Crippen MR) is 88.6 cm³/mol. The van der Waals surface area contributed by atoms with Gasteiger partial charge >= 0.3 is 0 Å². The zero-order chi connectivity index (χ0) is 14.7. The molecule has 2 aromatic carbocycles. The maximum Gasteiger partial charge on any atom is -0.00200 e.